The predicted octanol–water partition coefficient (Wildman–Crippen LogP) is 1.07. The molecular weight excluding hydrogens is 322 g/mol. The zero-order valence-electron chi connectivity index (χ0n) is 14.2. The molecule has 25 heavy (non-hydrogen) atoms. The van der Waals surface area contributed by atoms with Gasteiger partial charge in [-0.05, 0) is 24.3 Å². The zero-order chi connectivity index (χ0) is 18.1. The number of benzene rings is 1. The van der Waals surface area contributed by atoms with E-state index >= 15 is 0 Å². The van der Waals surface area contributed by atoms with E-state index in [1.807, 2.05) is 18.2 Å². The zero-order valence-corrected chi connectivity index (χ0v) is 14.2. The number of carbonyl (C=O) groups is 2. The summed E-state index contributed by atoms with van der Waals surface area (Å²) in [4.78, 5) is 27.8. The van der Waals surface area contributed by atoms with Crippen molar-refractivity contribution >= 4 is 11.8 Å². The molecule has 0 unspecified atom stereocenters. The Hall–Kier alpha value is -3.09. The number of nitrogens with one attached hydrogen (secondary N) is 2. The van der Waals surface area contributed by atoms with Crippen LogP contribution in [0.4, 0.5) is 0 Å². The molecule has 7 nitrogen and oxygen atoms in total. The van der Waals surface area contributed by atoms with Crippen LogP contribution in [-0.4, -0.2) is 37.6 Å². The third-order valence-corrected chi connectivity index (χ3v) is 3.53. The average molecular weight is 343 g/mol. The lowest BCUT2D eigenvalue weighted by molar-refractivity contribution is -0.139. The van der Waals surface area contributed by atoms with Gasteiger partial charge >= 0.3 is 11.8 Å². The standard InChI is InChI=1S/C18H21N3O4/c1-24-15-7-6-13(16(11-15)25-2)12-21-18(23)17(22)20-10-8-14-5-3-4-9-19-14/h3-7,9,11H,8,10,12H2,1-2H3,(H,20,22)(H,21,23). The van der Waals surface area contributed by atoms with Crippen LogP contribution in [0.15, 0.2) is 42.6 Å². The monoisotopic (exact) mass is 343 g/mol. The van der Waals surface area contributed by atoms with Gasteiger partial charge in [0.1, 0.15) is 11.5 Å². The van der Waals surface area contributed by atoms with Crippen LogP contribution in [0.1, 0.15) is 11.3 Å². The van der Waals surface area contributed by atoms with Crippen LogP contribution in [0.3, 0.4) is 0 Å². The van der Waals surface area contributed by atoms with Gasteiger partial charge in [0, 0.05) is 43.0 Å². The van der Waals surface area contributed by atoms with Crippen molar-refractivity contribution in [3.05, 3.63) is 53.9 Å². The number of methoxy groups -OCH3 is 2. The van der Waals surface area contributed by atoms with Crippen LogP contribution in [0.25, 0.3) is 0 Å². The smallest absolute Gasteiger partial charge is 0.309 e. The van der Waals surface area contributed by atoms with Crippen LogP contribution >= 0.6 is 0 Å². The number of carbonyl (C=O) groups excluding carboxylic acids is 2. The topological polar surface area (TPSA) is 89.5 Å². The van der Waals surface area contributed by atoms with Gasteiger partial charge in [0.25, 0.3) is 0 Å². The van der Waals surface area contributed by atoms with Gasteiger partial charge in [0.2, 0.25) is 0 Å². The fraction of sp³-hybridized carbons (Fsp3) is 0.278. The minimum absolute atomic E-state index is 0.180. The number of hydrogen-bond acceptors (Lipinski definition) is 5. The third kappa shape index (κ3) is 5.49. The van der Waals surface area contributed by atoms with Gasteiger partial charge in [-0.25, -0.2) is 0 Å². The molecule has 1 heterocycles. The van der Waals surface area contributed by atoms with Crippen molar-refractivity contribution in [2.45, 2.75) is 13.0 Å². The summed E-state index contributed by atoms with van der Waals surface area (Å²) in [5, 5.41) is 5.14. The van der Waals surface area contributed by atoms with E-state index in [0.29, 0.717) is 24.5 Å². The van der Waals surface area contributed by atoms with E-state index in [2.05, 4.69) is 15.6 Å². The van der Waals surface area contributed by atoms with E-state index in [1.54, 1.807) is 31.5 Å². The summed E-state index contributed by atoms with van der Waals surface area (Å²) in [6.45, 7) is 0.523. The molecule has 2 aromatic rings. The van der Waals surface area contributed by atoms with Crippen LogP contribution in [-0.2, 0) is 22.6 Å². The highest BCUT2D eigenvalue weighted by Crippen LogP contribution is 2.24. The van der Waals surface area contributed by atoms with Gasteiger partial charge in [0.15, 0.2) is 0 Å². The second-order valence-electron chi connectivity index (χ2n) is 5.19. The largest absolute Gasteiger partial charge is 0.497 e. The third-order valence-electron chi connectivity index (χ3n) is 3.53. The van der Waals surface area contributed by atoms with Crippen LogP contribution in [0.2, 0.25) is 0 Å². The van der Waals surface area contributed by atoms with Crippen molar-refractivity contribution in [3.8, 4) is 11.5 Å². The summed E-state index contributed by atoms with van der Waals surface area (Å²) < 4.78 is 10.4. The first kappa shape index (κ1) is 18.3. The molecule has 0 bridgehead atoms. The Labute approximate surface area is 146 Å². The van der Waals surface area contributed by atoms with E-state index in [0.717, 1.165) is 11.3 Å². The summed E-state index contributed by atoms with van der Waals surface area (Å²) in [5.41, 5.74) is 1.60. The first-order chi connectivity index (χ1) is 12.1. The van der Waals surface area contributed by atoms with Crippen LogP contribution in [0, 0.1) is 0 Å². The number of hydrogen-bond donors (Lipinski definition) is 2. The van der Waals surface area contributed by atoms with Gasteiger partial charge in [-0.1, -0.05) is 6.07 Å². The molecule has 0 aliphatic heterocycles. The Morgan fingerprint density at radius 2 is 1.84 bits per heavy atom. The first-order valence-electron chi connectivity index (χ1n) is 7.81. The lowest BCUT2D eigenvalue weighted by atomic mass is 10.2. The number of aromatic nitrogens is 1. The van der Waals surface area contributed by atoms with E-state index in [4.69, 9.17) is 9.47 Å². The normalized spacial score (nSPS) is 10.0. The number of ether oxygens (including phenoxy) is 2. The Morgan fingerprint density at radius 3 is 2.52 bits per heavy atom. The van der Waals surface area contributed by atoms with Crippen molar-refractivity contribution in [3.63, 3.8) is 0 Å². The molecule has 7 heteroatoms. The predicted molar refractivity (Wildman–Crippen MR) is 92.3 cm³/mol. The Morgan fingerprint density at radius 1 is 1.04 bits per heavy atom. The maximum absolute atomic E-state index is 11.9. The molecule has 0 radical (unpaired) electrons. The summed E-state index contributed by atoms with van der Waals surface area (Å²) >= 11 is 0. The second-order valence-corrected chi connectivity index (χ2v) is 5.19. The summed E-state index contributed by atoms with van der Waals surface area (Å²) in [6.07, 6.45) is 2.25. The lowest BCUT2D eigenvalue weighted by Gasteiger charge is -2.11. The number of nitrogens with zero attached hydrogens (tertiary/aromatic N) is 1. The Kier molecular flexibility index (Phi) is 6.76. The van der Waals surface area contributed by atoms with Gasteiger partial charge in [0.05, 0.1) is 14.2 Å². The van der Waals surface area contributed by atoms with E-state index < -0.39 is 11.8 Å². The van der Waals surface area contributed by atoms with Gasteiger partial charge < -0.3 is 20.1 Å². The van der Waals surface area contributed by atoms with Gasteiger partial charge in [-0.15, -0.1) is 0 Å². The lowest BCUT2D eigenvalue weighted by Crippen LogP contribution is -2.40. The van der Waals surface area contributed by atoms with Crippen molar-refractivity contribution in [1.29, 1.82) is 0 Å². The maximum atomic E-state index is 11.9. The van der Waals surface area contributed by atoms with Crippen LogP contribution < -0.4 is 20.1 Å². The number of pyridine rings is 1. The Bertz CT molecular complexity index is 720. The minimum Gasteiger partial charge on any atom is -0.497 e. The van der Waals surface area contributed by atoms with Crippen molar-refractivity contribution in [2.24, 2.45) is 0 Å². The van der Waals surface area contributed by atoms with E-state index in [1.165, 1.54) is 7.11 Å². The molecule has 0 aliphatic rings. The molecule has 0 aliphatic carbocycles. The molecule has 0 saturated heterocycles. The SMILES string of the molecule is COc1ccc(CNC(=O)C(=O)NCCc2ccccn2)c(OC)c1. The van der Waals surface area contributed by atoms with Crippen molar-refractivity contribution in [1.82, 2.24) is 15.6 Å². The highest BCUT2D eigenvalue weighted by atomic mass is 16.5. The number of rotatable bonds is 7. The minimum atomic E-state index is -0.695. The molecule has 0 fully saturated rings. The molecule has 132 valence electrons. The molecule has 1 aromatic heterocycles. The molecule has 1 aromatic carbocycles. The highest BCUT2D eigenvalue weighted by Gasteiger charge is 2.14. The molecule has 0 spiro atoms. The molecule has 0 saturated carbocycles. The Balaban J connectivity index is 1.80. The van der Waals surface area contributed by atoms with E-state index in [9.17, 15) is 9.59 Å². The van der Waals surface area contributed by atoms with Gasteiger partial charge in [-0.3, -0.25) is 14.6 Å². The molecule has 2 rings (SSSR count). The van der Waals surface area contributed by atoms with Crippen molar-refractivity contribution in [2.75, 3.05) is 20.8 Å². The van der Waals surface area contributed by atoms with Crippen molar-refractivity contribution < 1.29 is 19.1 Å². The van der Waals surface area contributed by atoms with Gasteiger partial charge in [-0.2, -0.15) is 0 Å². The maximum Gasteiger partial charge on any atom is 0.309 e. The second kappa shape index (κ2) is 9.27. The molecule has 2 amide bonds. The summed E-state index contributed by atoms with van der Waals surface area (Å²) in [5.74, 6) is -0.142. The summed E-state index contributed by atoms with van der Waals surface area (Å²) in [6, 6.07) is 10.8. The summed E-state index contributed by atoms with van der Waals surface area (Å²) in [7, 11) is 3.09. The quantitative estimate of drug-likeness (QED) is 0.734. The highest BCUT2D eigenvalue weighted by molar-refractivity contribution is 6.35. The average Bonchev–Trinajstić information content (AvgIpc) is 2.66. The number of amides is 2. The fourth-order valence-corrected chi connectivity index (χ4v) is 2.18. The van der Waals surface area contributed by atoms with Crippen LogP contribution in [0.5, 0.6) is 11.5 Å². The fourth-order valence-electron chi connectivity index (χ4n) is 2.18. The van der Waals surface area contributed by atoms with E-state index in [-0.39, 0.29) is 6.54 Å². The molecule has 0 atom stereocenters. The first-order valence-corrected chi connectivity index (χ1v) is 7.81. The molecule has 2 N–H and O–H groups in total. The molecular formula is C18H21N3O4.